The van der Waals surface area contributed by atoms with Gasteiger partial charge in [-0.25, -0.2) is 13.1 Å². The number of benzene rings is 2. The van der Waals surface area contributed by atoms with E-state index in [1.54, 1.807) is 25.3 Å². The minimum atomic E-state index is -3.52. The SMILES string of the molecule is COCc1cccc(S(=O)(=O)NCc2ccccc2C)c1. The molecule has 2 aromatic rings. The number of methoxy groups -OCH3 is 1. The summed E-state index contributed by atoms with van der Waals surface area (Å²) >= 11 is 0. The van der Waals surface area contributed by atoms with Gasteiger partial charge in [0.05, 0.1) is 11.5 Å². The van der Waals surface area contributed by atoms with Gasteiger partial charge in [0.25, 0.3) is 0 Å². The number of hydrogen-bond acceptors (Lipinski definition) is 3. The Labute approximate surface area is 125 Å². The lowest BCUT2D eigenvalue weighted by Gasteiger charge is -2.10. The average molecular weight is 305 g/mol. The smallest absolute Gasteiger partial charge is 0.240 e. The molecule has 0 amide bonds. The second kappa shape index (κ2) is 6.85. The molecule has 0 aliphatic rings. The Morgan fingerprint density at radius 1 is 1.10 bits per heavy atom. The maximum atomic E-state index is 12.3. The largest absolute Gasteiger partial charge is 0.380 e. The van der Waals surface area contributed by atoms with Crippen LogP contribution in [0.2, 0.25) is 0 Å². The third kappa shape index (κ3) is 4.14. The van der Waals surface area contributed by atoms with Crippen LogP contribution < -0.4 is 4.72 Å². The molecule has 0 aliphatic heterocycles. The summed E-state index contributed by atoms with van der Waals surface area (Å²) in [5, 5.41) is 0. The van der Waals surface area contributed by atoms with Crippen molar-refractivity contribution in [2.45, 2.75) is 25.0 Å². The molecule has 0 fully saturated rings. The van der Waals surface area contributed by atoms with Gasteiger partial charge >= 0.3 is 0 Å². The minimum Gasteiger partial charge on any atom is -0.380 e. The molecule has 0 aliphatic carbocycles. The van der Waals surface area contributed by atoms with Gasteiger partial charge in [-0.15, -0.1) is 0 Å². The first-order chi connectivity index (χ1) is 10.0. The summed E-state index contributed by atoms with van der Waals surface area (Å²) in [7, 11) is -1.94. The minimum absolute atomic E-state index is 0.255. The highest BCUT2D eigenvalue weighted by Gasteiger charge is 2.14. The zero-order valence-corrected chi connectivity index (χ0v) is 13.0. The van der Waals surface area contributed by atoms with Gasteiger partial charge in [-0.2, -0.15) is 0 Å². The molecular formula is C16H19NO3S. The van der Waals surface area contributed by atoms with Crippen LogP contribution in [0.3, 0.4) is 0 Å². The molecular weight excluding hydrogens is 286 g/mol. The molecule has 21 heavy (non-hydrogen) atoms. The van der Waals surface area contributed by atoms with Crippen molar-refractivity contribution < 1.29 is 13.2 Å². The van der Waals surface area contributed by atoms with E-state index in [9.17, 15) is 8.42 Å². The number of hydrogen-bond donors (Lipinski definition) is 1. The summed E-state index contributed by atoms with van der Waals surface area (Å²) < 4.78 is 32.3. The molecule has 112 valence electrons. The van der Waals surface area contributed by atoms with Crippen molar-refractivity contribution in [3.63, 3.8) is 0 Å². The molecule has 0 heterocycles. The van der Waals surface area contributed by atoms with Crippen LogP contribution in [-0.4, -0.2) is 15.5 Å². The van der Waals surface area contributed by atoms with Crippen molar-refractivity contribution >= 4 is 10.0 Å². The Bertz CT molecular complexity index is 711. The van der Waals surface area contributed by atoms with Gasteiger partial charge in [-0.1, -0.05) is 36.4 Å². The van der Waals surface area contributed by atoms with E-state index in [0.29, 0.717) is 6.61 Å². The van der Waals surface area contributed by atoms with E-state index in [-0.39, 0.29) is 11.4 Å². The Morgan fingerprint density at radius 3 is 2.57 bits per heavy atom. The predicted octanol–water partition coefficient (Wildman–Crippen LogP) is 2.62. The zero-order valence-electron chi connectivity index (χ0n) is 12.2. The maximum absolute atomic E-state index is 12.3. The van der Waals surface area contributed by atoms with Gasteiger partial charge < -0.3 is 4.74 Å². The molecule has 0 bridgehead atoms. The normalized spacial score (nSPS) is 11.5. The lowest BCUT2D eigenvalue weighted by Crippen LogP contribution is -2.23. The topological polar surface area (TPSA) is 55.4 Å². The van der Waals surface area contributed by atoms with Crippen molar-refractivity contribution in [3.05, 3.63) is 65.2 Å². The molecule has 1 N–H and O–H groups in total. The van der Waals surface area contributed by atoms with Gasteiger partial charge in [0.1, 0.15) is 0 Å². The molecule has 0 aromatic heterocycles. The van der Waals surface area contributed by atoms with Crippen LogP contribution in [0.15, 0.2) is 53.4 Å². The molecule has 0 radical (unpaired) electrons. The molecule has 2 aromatic carbocycles. The summed E-state index contributed by atoms with van der Waals surface area (Å²) in [5.74, 6) is 0. The van der Waals surface area contributed by atoms with Crippen LogP contribution in [0, 0.1) is 6.92 Å². The van der Waals surface area contributed by atoms with Crippen molar-refractivity contribution in [2.75, 3.05) is 7.11 Å². The second-order valence-corrected chi connectivity index (χ2v) is 6.60. The van der Waals surface area contributed by atoms with E-state index < -0.39 is 10.0 Å². The van der Waals surface area contributed by atoms with Gasteiger partial charge in [0.15, 0.2) is 0 Å². The van der Waals surface area contributed by atoms with E-state index >= 15 is 0 Å². The molecule has 0 atom stereocenters. The summed E-state index contributed by atoms with van der Waals surface area (Å²) in [5.41, 5.74) is 2.86. The number of nitrogens with one attached hydrogen (secondary N) is 1. The van der Waals surface area contributed by atoms with Crippen LogP contribution in [0.25, 0.3) is 0 Å². The van der Waals surface area contributed by atoms with Gasteiger partial charge in [-0.3, -0.25) is 0 Å². The van der Waals surface area contributed by atoms with E-state index in [1.807, 2.05) is 37.3 Å². The highest BCUT2D eigenvalue weighted by molar-refractivity contribution is 7.89. The molecule has 2 rings (SSSR count). The van der Waals surface area contributed by atoms with Crippen molar-refractivity contribution in [1.82, 2.24) is 4.72 Å². The molecule has 5 heteroatoms. The van der Waals surface area contributed by atoms with E-state index in [2.05, 4.69) is 4.72 Å². The van der Waals surface area contributed by atoms with Gasteiger partial charge in [0, 0.05) is 13.7 Å². The first-order valence-electron chi connectivity index (χ1n) is 6.65. The summed E-state index contributed by atoms with van der Waals surface area (Å²) in [6.45, 7) is 2.63. The van der Waals surface area contributed by atoms with E-state index in [0.717, 1.165) is 16.7 Å². The summed E-state index contributed by atoms with van der Waals surface area (Å²) in [4.78, 5) is 0.255. The van der Waals surface area contributed by atoms with Gasteiger partial charge in [0.2, 0.25) is 10.0 Å². The lowest BCUT2D eigenvalue weighted by atomic mass is 10.1. The lowest BCUT2D eigenvalue weighted by molar-refractivity contribution is 0.184. The Kier molecular flexibility index (Phi) is 5.12. The number of ether oxygens (including phenoxy) is 1. The molecule has 0 unspecified atom stereocenters. The van der Waals surface area contributed by atoms with Crippen molar-refractivity contribution in [2.24, 2.45) is 0 Å². The number of sulfonamides is 1. The maximum Gasteiger partial charge on any atom is 0.240 e. The predicted molar refractivity (Wildman–Crippen MR) is 82.4 cm³/mol. The summed E-state index contributed by atoms with van der Waals surface area (Å²) in [6, 6.07) is 14.5. The van der Waals surface area contributed by atoms with Crippen LogP contribution in [-0.2, 0) is 27.9 Å². The molecule has 0 spiro atoms. The van der Waals surface area contributed by atoms with Crippen LogP contribution in [0.5, 0.6) is 0 Å². The van der Waals surface area contributed by atoms with Crippen molar-refractivity contribution in [1.29, 1.82) is 0 Å². The van der Waals surface area contributed by atoms with Crippen LogP contribution in [0.1, 0.15) is 16.7 Å². The summed E-state index contributed by atoms with van der Waals surface area (Å²) in [6.07, 6.45) is 0. The van der Waals surface area contributed by atoms with Gasteiger partial charge in [-0.05, 0) is 35.7 Å². The Hall–Kier alpha value is -1.69. The standard InChI is InChI=1S/C16H19NO3S/c1-13-6-3-4-8-15(13)11-17-21(18,19)16-9-5-7-14(10-16)12-20-2/h3-10,17H,11-12H2,1-2H3. The first-order valence-corrected chi connectivity index (χ1v) is 8.13. The quantitative estimate of drug-likeness (QED) is 0.892. The van der Waals surface area contributed by atoms with E-state index in [1.165, 1.54) is 0 Å². The molecule has 4 nitrogen and oxygen atoms in total. The highest BCUT2D eigenvalue weighted by atomic mass is 32.2. The third-order valence-corrected chi connectivity index (χ3v) is 4.63. The fourth-order valence-electron chi connectivity index (χ4n) is 2.03. The fourth-order valence-corrected chi connectivity index (χ4v) is 3.11. The monoisotopic (exact) mass is 305 g/mol. The average Bonchev–Trinajstić information content (AvgIpc) is 2.47. The van der Waals surface area contributed by atoms with Crippen LogP contribution >= 0.6 is 0 Å². The Morgan fingerprint density at radius 2 is 1.86 bits per heavy atom. The Balaban J connectivity index is 2.15. The third-order valence-electron chi connectivity index (χ3n) is 3.23. The number of aryl methyl sites for hydroxylation is 1. The highest BCUT2D eigenvalue weighted by Crippen LogP contribution is 2.14. The molecule has 0 saturated heterocycles. The number of rotatable bonds is 6. The van der Waals surface area contributed by atoms with E-state index in [4.69, 9.17) is 4.74 Å². The zero-order chi connectivity index (χ0) is 15.3. The van der Waals surface area contributed by atoms with Crippen molar-refractivity contribution in [3.8, 4) is 0 Å². The fraction of sp³-hybridized carbons (Fsp3) is 0.250. The van der Waals surface area contributed by atoms with Crippen LogP contribution in [0.4, 0.5) is 0 Å². The second-order valence-electron chi connectivity index (χ2n) is 4.83. The molecule has 0 saturated carbocycles. The first kappa shape index (κ1) is 15.7.